The topological polar surface area (TPSA) is 23.8 Å². The molecule has 0 aromatic heterocycles. The third-order valence-electron chi connectivity index (χ3n) is 3.34. The van der Waals surface area contributed by atoms with Crippen LogP contribution in [0.25, 0.3) is 6.08 Å². The molecule has 0 bridgehead atoms. The van der Waals surface area contributed by atoms with Gasteiger partial charge in [0.25, 0.3) is 0 Å². The first-order valence-corrected chi connectivity index (χ1v) is 7.58. The van der Waals surface area contributed by atoms with Gasteiger partial charge in [-0.25, -0.2) is 0 Å². The summed E-state index contributed by atoms with van der Waals surface area (Å²) in [7, 11) is 0. The maximum atomic E-state index is 9.19. The second-order valence-corrected chi connectivity index (χ2v) is 5.71. The van der Waals surface area contributed by atoms with E-state index in [4.69, 9.17) is 0 Å². The number of nitrogens with zero attached hydrogens (tertiary/aromatic N) is 1. The monoisotopic (exact) mass is 279 g/mol. The molecule has 1 nitrogen and oxygen atoms in total. The van der Waals surface area contributed by atoms with E-state index in [1.54, 1.807) is 0 Å². The molecule has 0 aliphatic carbocycles. The molecule has 1 atom stereocenters. The van der Waals surface area contributed by atoms with E-state index in [1.807, 2.05) is 48.6 Å². The van der Waals surface area contributed by atoms with Crippen molar-refractivity contribution in [1.82, 2.24) is 0 Å². The number of rotatable bonds is 7. The van der Waals surface area contributed by atoms with Crippen LogP contribution < -0.4 is 0 Å². The Balaban J connectivity index is 2.50. The number of hydrogen-bond acceptors (Lipinski definition) is 1. The summed E-state index contributed by atoms with van der Waals surface area (Å²) in [5.74, 6) is 0.606. The van der Waals surface area contributed by atoms with Crippen molar-refractivity contribution in [2.24, 2.45) is 5.92 Å². The van der Waals surface area contributed by atoms with Crippen molar-refractivity contribution >= 4 is 6.08 Å². The molecule has 1 aromatic carbocycles. The van der Waals surface area contributed by atoms with E-state index in [9.17, 15) is 5.26 Å². The Morgan fingerprint density at radius 1 is 1.19 bits per heavy atom. The average Bonchev–Trinajstić information content (AvgIpc) is 2.48. The largest absolute Gasteiger partial charge is 0.192 e. The van der Waals surface area contributed by atoms with E-state index in [2.05, 4.69) is 32.9 Å². The van der Waals surface area contributed by atoms with Gasteiger partial charge < -0.3 is 0 Å². The van der Waals surface area contributed by atoms with Gasteiger partial charge in [-0.05, 0) is 50.7 Å². The minimum atomic E-state index is 0.606. The highest BCUT2D eigenvalue weighted by atomic mass is 14.2. The summed E-state index contributed by atoms with van der Waals surface area (Å²) in [6.07, 6.45) is 11.5. The molecule has 1 unspecified atom stereocenters. The van der Waals surface area contributed by atoms with E-state index < -0.39 is 0 Å². The van der Waals surface area contributed by atoms with E-state index >= 15 is 0 Å². The molecular weight excluding hydrogens is 254 g/mol. The molecule has 1 rings (SSSR count). The zero-order valence-electron chi connectivity index (χ0n) is 13.3. The third kappa shape index (κ3) is 7.95. The first-order chi connectivity index (χ1) is 10.1. The van der Waals surface area contributed by atoms with Crippen LogP contribution in [-0.2, 0) is 0 Å². The minimum absolute atomic E-state index is 0.606. The van der Waals surface area contributed by atoms with Gasteiger partial charge in [0.15, 0.2) is 0 Å². The Kier molecular flexibility index (Phi) is 7.90. The van der Waals surface area contributed by atoms with Crippen molar-refractivity contribution in [3.05, 3.63) is 65.3 Å². The average molecular weight is 279 g/mol. The normalized spacial score (nSPS) is 13.0. The molecule has 0 aliphatic rings. The lowest BCUT2D eigenvalue weighted by molar-refractivity contribution is 0.545. The van der Waals surface area contributed by atoms with Gasteiger partial charge in [-0.3, -0.25) is 0 Å². The summed E-state index contributed by atoms with van der Waals surface area (Å²) in [5.41, 5.74) is 3.24. The van der Waals surface area contributed by atoms with Gasteiger partial charge in [0.2, 0.25) is 0 Å². The lowest BCUT2D eigenvalue weighted by Gasteiger charge is -2.06. The molecule has 1 aromatic rings. The quantitative estimate of drug-likeness (QED) is 0.345. The number of allylic oxidation sites excluding steroid dienone is 5. The lowest BCUT2D eigenvalue weighted by Crippen LogP contribution is -1.92. The van der Waals surface area contributed by atoms with Gasteiger partial charge in [-0.2, -0.15) is 5.26 Å². The summed E-state index contributed by atoms with van der Waals surface area (Å²) in [4.78, 5) is 0. The zero-order chi connectivity index (χ0) is 15.5. The van der Waals surface area contributed by atoms with Gasteiger partial charge in [0, 0.05) is 5.57 Å². The molecule has 0 saturated carbocycles. The molecule has 0 heterocycles. The number of nitriles is 1. The van der Waals surface area contributed by atoms with Gasteiger partial charge in [-0.15, -0.1) is 0 Å². The predicted octanol–water partition coefficient (Wildman–Crippen LogP) is 5.92. The molecule has 0 fully saturated rings. The van der Waals surface area contributed by atoms with Crippen LogP contribution in [0.15, 0.2) is 59.7 Å². The Labute approximate surface area is 129 Å². The fraction of sp³-hybridized carbons (Fsp3) is 0.350. The second kappa shape index (κ2) is 9.77. The smallest absolute Gasteiger partial charge is 0.0988 e. The lowest BCUT2D eigenvalue weighted by atomic mass is 9.99. The molecule has 0 amide bonds. The Morgan fingerprint density at radius 3 is 2.52 bits per heavy atom. The molecule has 21 heavy (non-hydrogen) atoms. The molecule has 0 N–H and O–H groups in total. The van der Waals surface area contributed by atoms with Gasteiger partial charge in [0.1, 0.15) is 0 Å². The van der Waals surface area contributed by atoms with E-state index in [-0.39, 0.29) is 0 Å². The molecule has 0 radical (unpaired) electrons. The highest BCUT2D eigenvalue weighted by Gasteiger charge is 1.99. The van der Waals surface area contributed by atoms with Crippen LogP contribution in [0, 0.1) is 17.2 Å². The standard InChI is InChI=1S/C20H25N/c1-17(2)8-7-9-18(3)12-13-20(16-21)15-14-19-10-5-4-6-11-19/h4-6,8,10-11,13-15,18H,7,9,12H2,1-3H3/b15-14+,20-13-. The van der Waals surface area contributed by atoms with Crippen LogP contribution >= 0.6 is 0 Å². The van der Waals surface area contributed by atoms with E-state index in [0.717, 1.165) is 24.0 Å². The number of benzene rings is 1. The number of hydrogen-bond donors (Lipinski definition) is 0. The maximum absolute atomic E-state index is 9.19. The van der Waals surface area contributed by atoms with Crippen molar-refractivity contribution in [2.75, 3.05) is 0 Å². The summed E-state index contributed by atoms with van der Waals surface area (Å²) < 4.78 is 0. The molecule has 0 aliphatic heterocycles. The van der Waals surface area contributed by atoms with Crippen molar-refractivity contribution in [2.45, 2.75) is 40.0 Å². The van der Waals surface area contributed by atoms with Crippen LogP contribution in [0.4, 0.5) is 0 Å². The molecule has 0 saturated heterocycles. The van der Waals surface area contributed by atoms with Gasteiger partial charge in [-0.1, -0.05) is 61.1 Å². The Bertz CT molecular complexity index is 537. The molecule has 110 valence electrons. The minimum Gasteiger partial charge on any atom is -0.192 e. The van der Waals surface area contributed by atoms with Crippen molar-refractivity contribution in [3.8, 4) is 6.07 Å². The predicted molar refractivity (Wildman–Crippen MR) is 91.6 cm³/mol. The highest BCUT2D eigenvalue weighted by molar-refractivity contribution is 5.55. The van der Waals surface area contributed by atoms with Crippen molar-refractivity contribution < 1.29 is 0 Å². The third-order valence-corrected chi connectivity index (χ3v) is 3.34. The first-order valence-electron chi connectivity index (χ1n) is 7.58. The van der Waals surface area contributed by atoms with Crippen LogP contribution in [0.1, 0.15) is 45.6 Å². The zero-order valence-corrected chi connectivity index (χ0v) is 13.3. The fourth-order valence-corrected chi connectivity index (χ4v) is 2.00. The molecular formula is C20H25N. The SMILES string of the molecule is CC(C)=CCCC(C)C/C=C(C#N)/C=C/c1ccccc1. The summed E-state index contributed by atoms with van der Waals surface area (Å²) >= 11 is 0. The molecule has 0 spiro atoms. The van der Waals surface area contributed by atoms with Crippen LogP contribution in [0.3, 0.4) is 0 Å². The van der Waals surface area contributed by atoms with Gasteiger partial charge >= 0.3 is 0 Å². The van der Waals surface area contributed by atoms with Crippen molar-refractivity contribution in [1.29, 1.82) is 5.26 Å². The van der Waals surface area contributed by atoms with Crippen LogP contribution in [-0.4, -0.2) is 0 Å². The molecule has 1 heteroatoms. The summed E-state index contributed by atoms with van der Waals surface area (Å²) in [5, 5.41) is 9.19. The Hall–Kier alpha value is -2.07. The Morgan fingerprint density at radius 2 is 1.90 bits per heavy atom. The van der Waals surface area contributed by atoms with E-state index in [1.165, 1.54) is 12.0 Å². The fourth-order valence-electron chi connectivity index (χ4n) is 2.00. The second-order valence-electron chi connectivity index (χ2n) is 5.71. The van der Waals surface area contributed by atoms with Crippen LogP contribution in [0.5, 0.6) is 0 Å². The first kappa shape index (κ1) is 17.0. The van der Waals surface area contributed by atoms with Crippen LogP contribution in [0.2, 0.25) is 0 Å². The van der Waals surface area contributed by atoms with E-state index in [0.29, 0.717) is 5.92 Å². The highest BCUT2D eigenvalue weighted by Crippen LogP contribution is 2.14. The van der Waals surface area contributed by atoms with Gasteiger partial charge in [0.05, 0.1) is 6.07 Å². The van der Waals surface area contributed by atoms with Crippen molar-refractivity contribution in [3.63, 3.8) is 0 Å². The summed E-state index contributed by atoms with van der Waals surface area (Å²) in [6, 6.07) is 12.3. The summed E-state index contributed by atoms with van der Waals surface area (Å²) in [6.45, 7) is 6.50. The maximum Gasteiger partial charge on any atom is 0.0988 e.